The van der Waals surface area contributed by atoms with Gasteiger partial charge in [-0.25, -0.2) is 8.42 Å². The van der Waals surface area contributed by atoms with Crippen LogP contribution < -0.4 is 4.90 Å². The first-order chi connectivity index (χ1) is 8.63. The van der Waals surface area contributed by atoms with E-state index in [-0.39, 0.29) is 5.75 Å². The van der Waals surface area contributed by atoms with Gasteiger partial charge in [-0.1, -0.05) is 25.1 Å². The third kappa shape index (κ3) is 3.03. The molecule has 0 N–H and O–H groups in total. The number of sulfonamides is 1. The third-order valence-corrected chi connectivity index (χ3v) is 5.29. The third-order valence-electron chi connectivity index (χ3n) is 3.22. The van der Waals surface area contributed by atoms with Crippen LogP contribution in [0.1, 0.15) is 13.3 Å². The molecule has 0 bridgehead atoms. The van der Waals surface area contributed by atoms with Crippen molar-refractivity contribution in [2.24, 2.45) is 0 Å². The smallest absolute Gasteiger partial charge is 0.214 e. The largest absolute Gasteiger partial charge is 0.369 e. The lowest BCUT2D eigenvalue weighted by atomic mass is 10.2. The molecule has 1 heterocycles. The molecular formula is C13H20N2O2S. The van der Waals surface area contributed by atoms with Gasteiger partial charge in [-0.15, -0.1) is 0 Å². The van der Waals surface area contributed by atoms with Gasteiger partial charge in [0, 0.05) is 31.9 Å². The van der Waals surface area contributed by atoms with Gasteiger partial charge in [-0.2, -0.15) is 4.31 Å². The molecule has 1 saturated heterocycles. The predicted octanol–water partition coefficient (Wildman–Crippen LogP) is 1.55. The second-order valence-corrected chi connectivity index (χ2v) is 6.63. The molecule has 1 aliphatic heterocycles. The first kappa shape index (κ1) is 13.4. The summed E-state index contributed by atoms with van der Waals surface area (Å²) >= 11 is 0. The van der Waals surface area contributed by atoms with Crippen LogP contribution in [0.5, 0.6) is 0 Å². The maximum Gasteiger partial charge on any atom is 0.214 e. The molecule has 0 atom stereocenters. The highest BCUT2D eigenvalue weighted by atomic mass is 32.2. The standard InChI is InChI=1S/C13H20N2O2S/c1-2-12-18(16,17)15-10-8-14(9-11-15)13-6-4-3-5-7-13/h3-7H,2,8-12H2,1H3. The van der Waals surface area contributed by atoms with Gasteiger partial charge < -0.3 is 4.90 Å². The van der Waals surface area contributed by atoms with Crippen molar-refractivity contribution < 1.29 is 8.42 Å². The normalized spacial score (nSPS) is 17.9. The maximum absolute atomic E-state index is 11.9. The molecule has 0 radical (unpaired) electrons. The number of benzene rings is 1. The van der Waals surface area contributed by atoms with Crippen molar-refractivity contribution in [3.8, 4) is 0 Å². The van der Waals surface area contributed by atoms with Crippen molar-refractivity contribution in [1.29, 1.82) is 0 Å². The Morgan fingerprint density at radius 3 is 2.22 bits per heavy atom. The lowest BCUT2D eigenvalue weighted by Gasteiger charge is -2.35. The van der Waals surface area contributed by atoms with E-state index in [0.29, 0.717) is 19.5 Å². The van der Waals surface area contributed by atoms with E-state index in [9.17, 15) is 8.42 Å². The molecular weight excluding hydrogens is 248 g/mol. The van der Waals surface area contributed by atoms with Crippen molar-refractivity contribution >= 4 is 15.7 Å². The Hall–Kier alpha value is -1.07. The van der Waals surface area contributed by atoms with E-state index in [2.05, 4.69) is 17.0 Å². The van der Waals surface area contributed by atoms with E-state index in [1.807, 2.05) is 25.1 Å². The molecule has 2 rings (SSSR count). The van der Waals surface area contributed by atoms with Crippen LogP contribution in [0.25, 0.3) is 0 Å². The van der Waals surface area contributed by atoms with Gasteiger partial charge in [0.1, 0.15) is 0 Å². The fourth-order valence-corrected chi connectivity index (χ4v) is 3.74. The second-order valence-electron chi connectivity index (χ2n) is 4.54. The van der Waals surface area contributed by atoms with Crippen molar-refractivity contribution in [2.75, 3.05) is 36.8 Å². The van der Waals surface area contributed by atoms with Gasteiger partial charge in [-0.05, 0) is 18.6 Å². The summed E-state index contributed by atoms with van der Waals surface area (Å²) in [4.78, 5) is 2.23. The Bertz CT molecular complexity index is 465. The number of para-hydroxylation sites is 1. The molecule has 0 unspecified atom stereocenters. The Morgan fingerprint density at radius 2 is 1.67 bits per heavy atom. The van der Waals surface area contributed by atoms with Gasteiger partial charge in [0.2, 0.25) is 10.0 Å². The van der Waals surface area contributed by atoms with Crippen LogP contribution in [0.3, 0.4) is 0 Å². The summed E-state index contributed by atoms with van der Waals surface area (Å²) < 4.78 is 25.5. The molecule has 1 aromatic carbocycles. The number of nitrogens with zero attached hydrogens (tertiary/aromatic N) is 2. The summed E-state index contributed by atoms with van der Waals surface area (Å²) in [7, 11) is -3.03. The molecule has 4 nitrogen and oxygen atoms in total. The van der Waals surface area contributed by atoms with Crippen LogP contribution in [0.4, 0.5) is 5.69 Å². The van der Waals surface area contributed by atoms with E-state index in [1.165, 1.54) is 5.69 Å². The molecule has 1 aliphatic rings. The molecule has 0 aliphatic carbocycles. The monoisotopic (exact) mass is 268 g/mol. The van der Waals surface area contributed by atoms with Crippen molar-refractivity contribution in [3.63, 3.8) is 0 Å². The molecule has 0 saturated carbocycles. The topological polar surface area (TPSA) is 40.6 Å². The Labute approximate surface area is 109 Å². The highest BCUT2D eigenvalue weighted by Crippen LogP contribution is 2.17. The van der Waals surface area contributed by atoms with Crippen LogP contribution in [0.15, 0.2) is 30.3 Å². The second kappa shape index (κ2) is 5.71. The minimum atomic E-state index is -3.03. The summed E-state index contributed by atoms with van der Waals surface area (Å²) in [5.74, 6) is 0.262. The van der Waals surface area contributed by atoms with Crippen molar-refractivity contribution in [2.45, 2.75) is 13.3 Å². The highest BCUT2D eigenvalue weighted by molar-refractivity contribution is 7.89. The molecule has 18 heavy (non-hydrogen) atoms. The molecule has 0 aromatic heterocycles. The van der Waals surface area contributed by atoms with Crippen LogP contribution in [0, 0.1) is 0 Å². The van der Waals surface area contributed by atoms with Crippen molar-refractivity contribution in [1.82, 2.24) is 4.31 Å². The van der Waals surface area contributed by atoms with Gasteiger partial charge in [0.05, 0.1) is 5.75 Å². The SMILES string of the molecule is CCCS(=O)(=O)N1CCN(c2ccccc2)CC1. The molecule has 0 amide bonds. The molecule has 1 aromatic rings. The Kier molecular flexibility index (Phi) is 4.24. The fourth-order valence-electron chi connectivity index (χ4n) is 2.25. The zero-order chi connectivity index (χ0) is 13.0. The van der Waals surface area contributed by atoms with Crippen LogP contribution >= 0.6 is 0 Å². The van der Waals surface area contributed by atoms with E-state index in [4.69, 9.17) is 0 Å². The average Bonchev–Trinajstić information content (AvgIpc) is 2.40. The Morgan fingerprint density at radius 1 is 1.06 bits per heavy atom. The van der Waals surface area contributed by atoms with Crippen LogP contribution in [0.2, 0.25) is 0 Å². The van der Waals surface area contributed by atoms with E-state index >= 15 is 0 Å². The van der Waals surface area contributed by atoms with Gasteiger partial charge in [0.15, 0.2) is 0 Å². The Balaban J connectivity index is 1.97. The summed E-state index contributed by atoms with van der Waals surface area (Å²) in [6.07, 6.45) is 0.682. The predicted molar refractivity (Wildman–Crippen MR) is 74.3 cm³/mol. The number of rotatable bonds is 4. The lowest BCUT2D eigenvalue weighted by Crippen LogP contribution is -2.49. The first-order valence-corrected chi connectivity index (χ1v) is 8.02. The van der Waals surface area contributed by atoms with Gasteiger partial charge >= 0.3 is 0 Å². The maximum atomic E-state index is 11.9. The summed E-state index contributed by atoms with van der Waals surface area (Å²) in [5, 5.41) is 0. The lowest BCUT2D eigenvalue weighted by molar-refractivity contribution is 0.384. The number of piperazine rings is 1. The van der Waals surface area contributed by atoms with Crippen molar-refractivity contribution in [3.05, 3.63) is 30.3 Å². The zero-order valence-electron chi connectivity index (χ0n) is 10.7. The summed E-state index contributed by atoms with van der Waals surface area (Å²) in [6, 6.07) is 10.1. The van der Waals surface area contributed by atoms with Gasteiger partial charge in [0.25, 0.3) is 0 Å². The highest BCUT2D eigenvalue weighted by Gasteiger charge is 2.25. The fraction of sp³-hybridized carbons (Fsp3) is 0.538. The van der Waals surface area contributed by atoms with E-state index in [1.54, 1.807) is 4.31 Å². The first-order valence-electron chi connectivity index (χ1n) is 6.41. The van der Waals surface area contributed by atoms with Gasteiger partial charge in [-0.3, -0.25) is 0 Å². The molecule has 0 spiro atoms. The molecule has 100 valence electrons. The molecule has 1 fully saturated rings. The summed E-state index contributed by atoms with van der Waals surface area (Å²) in [5.41, 5.74) is 1.17. The summed E-state index contributed by atoms with van der Waals surface area (Å²) in [6.45, 7) is 4.63. The van der Waals surface area contributed by atoms with Crippen LogP contribution in [-0.4, -0.2) is 44.7 Å². The van der Waals surface area contributed by atoms with E-state index < -0.39 is 10.0 Å². The van der Waals surface area contributed by atoms with E-state index in [0.717, 1.165) is 13.1 Å². The number of anilines is 1. The number of hydrogen-bond acceptors (Lipinski definition) is 3. The minimum absolute atomic E-state index is 0.262. The zero-order valence-corrected chi connectivity index (χ0v) is 11.6. The quantitative estimate of drug-likeness (QED) is 0.832. The van der Waals surface area contributed by atoms with Crippen LogP contribution in [-0.2, 0) is 10.0 Å². The number of hydrogen-bond donors (Lipinski definition) is 0. The molecule has 5 heteroatoms. The average molecular weight is 268 g/mol. The minimum Gasteiger partial charge on any atom is -0.369 e.